The summed E-state index contributed by atoms with van der Waals surface area (Å²) in [5.74, 6) is 0.620. The minimum Gasteiger partial charge on any atom is -0.478 e. The Morgan fingerprint density at radius 2 is 2.11 bits per heavy atom. The summed E-state index contributed by atoms with van der Waals surface area (Å²) >= 11 is 0. The largest absolute Gasteiger partial charge is 0.478 e. The van der Waals surface area contributed by atoms with Gasteiger partial charge in [0.1, 0.15) is 0 Å². The maximum atomic E-state index is 5.40. The van der Waals surface area contributed by atoms with E-state index in [9.17, 15) is 0 Å². The summed E-state index contributed by atoms with van der Waals surface area (Å²) < 4.78 is 7.29. The smallest absolute Gasteiger partial charge is 0.215 e. The Hall–Kier alpha value is -2.36. The third-order valence-corrected chi connectivity index (χ3v) is 2.73. The highest BCUT2D eigenvalue weighted by Crippen LogP contribution is 2.19. The molecule has 0 N–H and O–H groups in total. The van der Waals surface area contributed by atoms with Crippen LogP contribution >= 0.6 is 0 Å². The fourth-order valence-corrected chi connectivity index (χ4v) is 1.94. The number of nitrogens with zero attached hydrogens (tertiary/aromatic N) is 3. The Labute approximate surface area is 105 Å². The molecule has 90 valence electrons. The van der Waals surface area contributed by atoms with Crippen molar-refractivity contribution >= 4 is 10.9 Å². The van der Waals surface area contributed by atoms with Crippen LogP contribution in [0.3, 0.4) is 0 Å². The van der Waals surface area contributed by atoms with Gasteiger partial charge in [-0.3, -0.25) is 0 Å². The summed E-state index contributed by atoms with van der Waals surface area (Å²) in [5.41, 5.74) is 2.03. The van der Waals surface area contributed by atoms with Crippen molar-refractivity contribution in [2.75, 3.05) is 6.61 Å². The van der Waals surface area contributed by atoms with Gasteiger partial charge in [-0.05, 0) is 19.1 Å². The van der Waals surface area contributed by atoms with Crippen LogP contribution in [0.15, 0.2) is 48.8 Å². The average Bonchev–Trinajstić information content (AvgIpc) is 2.83. The molecule has 0 saturated heterocycles. The second-order valence-electron chi connectivity index (χ2n) is 3.90. The number of para-hydroxylation sites is 1. The molecular weight excluding hydrogens is 226 g/mol. The average molecular weight is 239 g/mol. The molecule has 0 radical (unpaired) electrons. The molecule has 0 aliphatic rings. The number of hydrogen-bond acceptors (Lipinski definition) is 3. The topological polar surface area (TPSA) is 39.9 Å². The fraction of sp³-hybridized carbons (Fsp3) is 0.143. The van der Waals surface area contributed by atoms with Crippen LogP contribution in [0.5, 0.6) is 5.88 Å². The van der Waals surface area contributed by atoms with Crippen molar-refractivity contribution in [1.82, 2.24) is 14.8 Å². The fourth-order valence-electron chi connectivity index (χ4n) is 1.94. The quantitative estimate of drug-likeness (QED) is 0.705. The van der Waals surface area contributed by atoms with Crippen molar-refractivity contribution in [3.8, 4) is 11.6 Å². The molecular formula is C14H13N3O. The Morgan fingerprint density at radius 3 is 3.00 bits per heavy atom. The van der Waals surface area contributed by atoms with E-state index in [0.29, 0.717) is 12.5 Å². The van der Waals surface area contributed by atoms with Crippen LogP contribution in [-0.2, 0) is 0 Å². The Kier molecular flexibility index (Phi) is 2.68. The van der Waals surface area contributed by atoms with Crippen molar-refractivity contribution in [2.24, 2.45) is 0 Å². The van der Waals surface area contributed by atoms with Crippen molar-refractivity contribution in [1.29, 1.82) is 0 Å². The van der Waals surface area contributed by atoms with Gasteiger partial charge in [0.2, 0.25) is 5.88 Å². The first-order valence-corrected chi connectivity index (χ1v) is 5.90. The summed E-state index contributed by atoms with van der Waals surface area (Å²) in [6, 6.07) is 11.9. The monoisotopic (exact) mass is 239 g/mol. The first-order valence-electron chi connectivity index (χ1n) is 5.90. The van der Waals surface area contributed by atoms with E-state index in [0.717, 1.165) is 16.6 Å². The molecule has 0 spiro atoms. The first kappa shape index (κ1) is 10.8. The standard InChI is InChI=1S/C14H13N3O/c1-2-18-14-9-12(7-8-15-14)17-13-6-4-3-5-11(13)10-16-17/h3-10H,2H2,1H3. The Morgan fingerprint density at radius 1 is 1.22 bits per heavy atom. The second-order valence-corrected chi connectivity index (χ2v) is 3.90. The van der Waals surface area contributed by atoms with Crippen molar-refractivity contribution < 1.29 is 4.74 Å². The third-order valence-electron chi connectivity index (χ3n) is 2.73. The summed E-state index contributed by atoms with van der Waals surface area (Å²) in [6.07, 6.45) is 3.59. The minimum atomic E-state index is 0.607. The number of hydrogen-bond donors (Lipinski definition) is 0. The Bertz CT molecular complexity index is 675. The second kappa shape index (κ2) is 4.49. The van der Waals surface area contributed by atoms with Crippen molar-refractivity contribution in [2.45, 2.75) is 6.92 Å². The van der Waals surface area contributed by atoms with Gasteiger partial charge in [0.15, 0.2) is 0 Å². The van der Waals surface area contributed by atoms with E-state index < -0.39 is 0 Å². The number of fused-ring (bicyclic) bond motifs is 1. The van der Waals surface area contributed by atoms with Crippen LogP contribution < -0.4 is 4.74 Å². The van der Waals surface area contributed by atoms with Gasteiger partial charge in [0.05, 0.1) is 24.0 Å². The lowest BCUT2D eigenvalue weighted by atomic mass is 10.2. The number of rotatable bonds is 3. The van der Waals surface area contributed by atoms with Gasteiger partial charge < -0.3 is 4.74 Å². The predicted octanol–water partition coefficient (Wildman–Crippen LogP) is 2.82. The van der Waals surface area contributed by atoms with E-state index >= 15 is 0 Å². The van der Waals surface area contributed by atoms with Crippen LogP contribution in [0.25, 0.3) is 16.6 Å². The third kappa shape index (κ3) is 1.82. The molecule has 18 heavy (non-hydrogen) atoms. The molecule has 0 atom stereocenters. The maximum Gasteiger partial charge on any atom is 0.215 e. The molecule has 4 nitrogen and oxygen atoms in total. The summed E-state index contributed by atoms with van der Waals surface area (Å²) in [7, 11) is 0. The van der Waals surface area contributed by atoms with Gasteiger partial charge in [0, 0.05) is 17.6 Å². The zero-order chi connectivity index (χ0) is 12.4. The van der Waals surface area contributed by atoms with Gasteiger partial charge in [-0.2, -0.15) is 5.10 Å². The molecule has 0 unspecified atom stereocenters. The van der Waals surface area contributed by atoms with E-state index in [1.807, 2.05) is 54.2 Å². The van der Waals surface area contributed by atoms with Crippen LogP contribution in [0.2, 0.25) is 0 Å². The molecule has 0 saturated carbocycles. The van der Waals surface area contributed by atoms with E-state index in [1.165, 1.54) is 0 Å². The number of ether oxygens (including phenoxy) is 1. The van der Waals surface area contributed by atoms with Gasteiger partial charge in [-0.25, -0.2) is 9.67 Å². The lowest BCUT2D eigenvalue weighted by Gasteiger charge is -2.06. The molecule has 3 rings (SSSR count). The molecule has 3 aromatic rings. The highest BCUT2D eigenvalue weighted by atomic mass is 16.5. The highest BCUT2D eigenvalue weighted by molar-refractivity contribution is 5.80. The van der Waals surface area contributed by atoms with Gasteiger partial charge in [-0.15, -0.1) is 0 Å². The molecule has 0 fully saturated rings. The highest BCUT2D eigenvalue weighted by Gasteiger charge is 2.05. The summed E-state index contributed by atoms with van der Waals surface area (Å²) in [6.45, 7) is 2.55. The van der Waals surface area contributed by atoms with E-state index in [4.69, 9.17) is 4.74 Å². The van der Waals surface area contributed by atoms with Gasteiger partial charge >= 0.3 is 0 Å². The zero-order valence-corrected chi connectivity index (χ0v) is 10.1. The lowest BCUT2D eigenvalue weighted by Crippen LogP contribution is -1.99. The number of pyridine rings is 1. The van der Waals surface area contributed by atoms with Gasteiger partial charge in [0.25, 0.3) is 0 Å². The van der Waals surface area contributed by atoms with Crippen LogP contribution in [-0.4, -0.2) is 21.4 Å². The zero-order valence-electron chi connectivity index (χ0n) is 10.1. The molecule has 0 aliphatic heterocycles. The van der Waals surface area contributed by atoms with E-state index in [1.54, 1.807) is 6.20 Å². The minimum absolute atomic E-state index is 0.607. The van der Waals surface area contributed by atoms with Crippen LogP contribution in [0, 0.1) is 0 Å². The molecule has 2 aromatic heterocycles. The maximum absolute atomic E-state index is 5.40. The number of aromatic nitrogens is 3. The summed E-state index contributed by atoms with van der Waals surface area (Å²) in [4.78, 5) is 4.16. The predicted molar refractivity (Wildman–Crippen MR) is 70.0 cm³/mol. The van der Waals surface area contributed by atoms with Crippen molar-refractivity contribution in [3.05, 3.63) is 48.8 Å². The molecule has 4 heteroatoms. The Balaban J connectivity index is 2.11. The molecule has 2 heterocycles. The molecule has 0 bridgehead atoms. The normalized spacial score (nSPS) is 10.7. The van der Waals surface area contributed by atoms with Crippen LogP contribution in [0.4, 0.5) is 0 Å². The lowest BCUT2D eigenvalue weighted by molar-refractivity contribution is 0.326. The summed E-state index contributed by atoms with van der Waals surface area (Å²) in [5, 5.41) is 5.52. The number of benzene rings is 1. The van der Waals surface area contributed by atoms with Gasteiger partial charge in [-0.1, -0.05) is 18.2 Å². The SMILES string of the molecule is CCOc1cc(-n2ncc3ccccc32)ccn1. The first-order chi connectivity index (χ1) is 8.88. The van der Waals surface area contributed by atoms with E-state index in [-0.39, 0.29) is 0 Å². The molecule has 0 aliphatic carbocycles. The van der Waals surface area contributed by atoms with E-state index in [2.05, 4.69) is 10.1 Å². The van der Waals surface area contributed by atoms with Crippen LogP contribution in [0.1, 0.15) is 6.92 Å². The molecule has 0 amide bonds. The molecule has 1 aromatic carbocycles. The van der Waals surface area contributed by atoms with Crippen molar-refractivity contribution in [3.63, 3.8) is 0 Å².